The number of carboxylic acids is 1. The monoisotopic (exact) mass is 284 g/mol. The molecule has 1 aromatic heterocycles. The second-order valence-electron chi connectivity index (χ2n) is 4.07. The average molecular weight is 284 g/mol. The molecule has 0 aliphatic rings. The summed E-state index contributed by atoms with van der Waals surface area (Å²) in [6.07, 6.45) is 2.49. The molecule has 0 saturated heterocycles. The fourth-order valence-electron chi connectivity index (χ4n) is 1.45. The van der Waals surface area contributed by atoms with Crippen LogP contribution in [0.25, 0.3) is 0 Å². The summed E-state index contributed by atoms with van der Waals surface area (Å²) in [7, 11) is 1.21. The number of esters is 1. The Kier molecular flexibility index (Phi) is 5.63. The fourth-order valence-corrected chi connectivity index (χ4v) is 1.45. The number of carbonyl (C=O) groups excluding carboxylic acids is 2. The molecule has 0 fully saturated rings. The number of ether oxygens (including phenoxy) is 1. The van der Waals surface area contributed by atoms with E-state index in [0.717, 1.165) is 0 Å². The van der Waals surface area contributed by atoms with Crippen LogP contribution in [0.5, 0.6) is 0 Å². The van der Waals surface area contributed by atoms with Gasteiger partial charge in [-0.05, 0) is 13.3 Å². The van der Waals surface area contributed by atoms with Gasteiger partial charge in [0.05, 0.1) is 7.11 Å². The Bertz CT molecular complexity index is 473. The molecule has 1 amide bonds. The molecular formula is C11H16N4O5. The molecule has 0 aromatic carbocycles. The second-order valence-corrected chi connectivity index (χ2v) is 4.07. The van der Waals surface area contributed by atoms with Crippen molar-refractivity contribution in [1.29, 1.82) is 0 Å². The number of methoxy groups -OCH3 is 1. The van der Waals surface area contributed by atoms with Gasteiger partial charge in [-0.25, -0.2) is 14.5 Å². The molecule has 1 heterocycles. The van der Waals surface area contributed by atoms with Crippen molar-refractivity contribution < 1.29 is 24.2 Å². The van der Waals surface area contributed by atoms with Crippen LogP contribution < -0.4 is 5.32 Å². The zero-order chi connectivity index (χ0) is 15.1. The Morgan fingerprint density at radius 1 is 1.45 bits per heavy atom. The summed E-state index contributed by atoms with van der Waals surface area (Å²) in [6, 6.07) is -1.86. The number of hydrogen-bond acceptors (Lipinski definition) is 6. The summed E-state index contributed by atoms with van der Waals surface area (Å²) >= 11 is 0. The predicted molar refractivity (Wildman–Crippen MR) is 65.5 cm³/mol. The first kappa shape index (κ1) is 15.6. The minimum atomic E-state index is -1.21. The number of aliphatic carboxylic acids is 1. The van der Waals surface area contributed by atoms with Crippen LogP contribution in [0.3, 0.4) is 0 Å². The number of carbonyl (C=O) groups is 3. The third-order valence-electron chi connectivity index (χ3n) is 2.69. The van der Waals surface area contributed by atoms with Gasteiger partial charge in [-0.1, -0.05) is 0 Å². The van der Waals surface area contributed by atoms with Gasteiger partial charge in [-0.2, -0.15) is 5.10 Å². The quantitative estimate of drug-likeness (QED) is 0.638. The molecule has 0 spiro atoms. The van der Waals surface area contributed by atoms with Crippen LogP contribution in [0.15, 0.2) is 12.7 Å². The lowest BCUT2D eigenvalue weighted by atomic mass is 10.1. The van der Waals surface area contributed by atoms with Gasteiger partial charge in [0.25, 0.3) is 0 Å². The van der Waals surface area contributed by atoms with E-state index in [1.54, 1.807) is 6.92 Å². The third-order valence-corrected chi connectivity index (χ3v) is 2.69. The lowest BCUT2D eigenvalue weighted by molar-refractivity contribution is -0.144. The van der Waals surface area contributed by atoms with E-state index in [-0.39, 0.29) is 12.8 Å². The molecule has 1 aromatic rings. The van der Waals surface area contributed by atoms with Crippen LogP contribution in [0.4, 0.5) is 0 Å². The number of hydrogen-bond donors (Lipinski definition) is 2. The first-order valence-electron chi connectivity index (χ1n) is 5.89. The van der Waals surface area contributed by atoms with Gasteiger partial charge in [-0.3, -0.25) is 9.59 Å². The van der Waals surface area contributed by atoms with E-state index in [4.69, 9.17) is 5.11 Å². The van der Waals surface area contributed by atoms with E-state index < -0.39 is 29.9 Å². The van der Waals surface area contributed by atoms with Gasteiger partial charge in [0.15, 0.2) is 0 Å². The van der Waals surface area contributed by atoms with Gasteiger partial charge in [0.1, 0.15) is 24.7 Å². The van der Waals surface area contributed by atoms with Crippen LogP contribution >= 0.6 is 0 Å². The SMILES string of the molecule is COC(=O)CC[C@@H](NC(=O)C(C)n1cncn1)C(=O)O. The molecule has 0 bridgehead atoms. The largest absolute Gasteiger partial charge is 0.480 e. The summed E-state index contributed by atoms with van der Waals surface area (Å²) in [5.74, 6) is -2.27. The maximum absolute atomic E-state index is 11.9. The molecule has 1 unspecified atom stereocenters. The molecule has 0 aliphatic heterocycles. The predicted octanol–water partition coefficient (Wildman–Crippen LogP) is -0.638. The number of aromatic nitrogens is 3. The molecule has 1 rings (SSSR count). The van der Waals surface area contributed by atoms with Crippen molar-refractivity contribution in [2.75, 3.05) is 7.11 Å². The highest BCUT2D eigenvalue weighted by Crippen LogP contribution is 2.05. The van der Waals surface area contributed by atoms with E-state index in [1.807, 2.05) is 0 Å². The first-order valence-corrected chi connectivity index (χ1v) is 5.89. The van der Waals surface area contributed by atoms with Gasteiger partial charge in [0.2, 0.25) is 5.91 Å². The average Bonchev–Trinajstić information content (AvgIpc) is 2.95. The number of rotatable bonds is 7. The zero-order valence-electron chi connectivity index (χ0n) is 11.1. The van der Waals surface area contributed by atoms with Crippen LogP contribution in [0.2, 0.25) is 0 Å². The van der Waals surface area contributed by atoms with Crippen molar-refractivity contribution in [2.24, 2.45) is 0 Å². The highest BCUT2D eigenvalue weighted by atomic mass is 16.5. The molecule has 110 valence electrons. The summed E-state index contributed by atoms with van der Waals surface area (Å²) in [5, 5.41) is 15.2. The van der Waals surface area contributed by atoms with E-state index in [0.29, 0.717) is 0 Å². The fraction of sp³-hybridized carbons (Fsp3) is 0.545. The van der Waals surface area contributed by atoms with Gasteiger partial charge >= 0.3 is 11.9 Å². The minimum absolute atomic E-state index is 0.0438. The number of nitrogens with zero attached hydrogens (tertiary/aromatic N) is 3. The smallest absolute Gasteiger partial charge is 0.326 e. The summed E-state index contributed by atoms with van der Waals surface area (Å²) < 4.78 is 5.72. The summed E-state index contributed by atoms with van der Waals surface area (Å²) in [4.78, 5) is 37.6. The van der Waals surface area contributed by atoms with Crippen LogP contribution in [0.1, 0.15) is 25.8 Å². The van der Waals surface area contributed by atoms with Crippen molar-refractivity contribution in [2.45, 2.75) is 31.8 Å². The second kappa shape index (κ2) is 7.22. The Morgan fingerprint density at radius 3 is 2.65 bits per heavy atom. The third kappa shape index (κ3) is 4.34. The highest BCUT2D eigenvalue weighted by molar-refractivity contribution is 5.86. The van der Waals surface area contributed by atoms with Gasteiger partial charge < -0.3 is 15.2 Å². The topological polar surface area (TPSA) is 123 Å². The van der Waals surface area contributed by atoms with E-state index in [1.165, 1.54) is 24.4 Å². The standard InChI is InChI=1S/C11H16N4O5/c1-7(15-6-12-5-13-15)10(17)14-8(11(18)19)3-4-9(16)20-2/h5-8H,3-4H2,1-2H3,(H,14,17)(H,18,19)/t7?,8-/m1/s1. The number of nitrogens with one attached hydrogen (secondary N) is 1. The van der Waals surface area contributed by atoms with Crippen molar-refractivity contribution in [3.63, 3.8) is 0 Å². The number of amides is 1. The minimum Gasteiger partial charge on any atom is -0.480 e. The lowest BCUT2D eigenvalue weighted by Gasteiger charge is -2.17. The maximum Gasteiger partial charge on any atom is 0.326 e. The van der Waals surface area contributed by atoms with Crippen LogP contribution in [-0.2, 0) is 19.1 Å². The molecule has 9 heteroatoms. The van der Waals surface area contributed by atoms with Crippen LogP contribution in [-0.4, -0.2) is 50.9 Å². The molecule has 20 heavy (non-hydrogen) atoms. The molecule has 2 atom stereocenters. The lowest BCUT2D eigenvalue weighted by Crippen LogP contribution is -2.44. The first-order chi connectivity index (χ1) is 9.45. The van der Waals surface area contributed by atoms with Crippen molar-refractivity contribution in [3.05, 3.63) is 12.7 Å². The van der Waals surface area contributed by atoms with E-state index >= 15 is 0 Å². The maximum atomic E-state index is 11.9. The van der Waals surface area contributed by atoms with Gasteiger partial charge in [0, 0.05) is 6.42 Å². The summed E-state index contributed by atoms with van der Waals surface area (Å²) in [5.41, 5.74) is 0. The Hall–Kier alpha value is -2.45. The van der Waals surface area contributed by atoms with Gasteiger partial charge in [-0.15, -0.1) is 0 Å². The number of carboxylic acid groups (broad SMARTS) is 1. The highest BCUT2D eigenvalue weighted by Gasteiger charge is 2.24. The van der Waals surface area contributed by atoms with Crippen molar-refractivity contribution in [1.82, 2.24) is 20.1 Å². The molecule has 0 radical (unpaired) electrons. The Morgan fingerprint density at radius 2 is 2.15 bits per heavy atom. The molecule has 9 nitrogen and oxygen atoms in total. The van der Waals surface area contributed by atoms with Crippen molar-refractivity contribution >= 4 is 17.8 Å². The molecule has 0 aliphatic carbocycles. The molecule has 2 N–H and O–H groups in total. The zero-order valence-corrected chi connectivity index (χ0v) is 11.1. The molecular weight excluding hydrogens is 268 g/mol. The Labute approximate surface area is 114 Å². The van der Waals surface area contributed by atoms with Crippen molar-refractivity contribution in [3.8, 4) is 0 Å². The summed E-state index contributed by atoms with van der Waals surface area (Å²) in [6.45, 7) is 1.56. The Balaban J connectivity index is 2.59. The molecule has 0 saturated carbocycles. The van der Waals surface area contributed by atoms with E-state index in [9.17, 15) is 14.4 Å². The normalized spacial score (nSPS) is 13.3. The van der Waals surface area contributed by atoms with Crippen LogP contribution in [0, 0.1) is 0 Å². The van der Waals surface area contributed by atoms with E-state index in [2.05, 4.69) is 20.1 Å².